The van der Waals surface area contributed by atoms with E-state index in [-0.39, 0.29) is 78.5 Å². The van der Waals surface area contributed by atoms with Crippen LogP contribution in [0.25, 0.3) is 0 Å². The largest absolute Gasteiger partial charge is 0.480 e. The Morgan fingerprint density at radius 1 is 0.526 bits per heavy atom. The van der Waals surface area contributed by atoms with Crippen LogP contribution in [0.4, 0.5) is 0 Å². The van der Waals surface area contributed by atoms with Gasteiger partial charge in [-0.2, -0.15) is 0 Å². The van der Waals surface area contributed by atoms with Crippen molar-refractivity contribution in [2.24, 2.45) is 0 Å². The van der Waals surface area contributed by atoms with Gasteiger partial charge in [-0.3, -0.25) is 4.79 Å². The van der Waals surface area contributed by atoms with Gasteiger partial charge in [0, 0.05) is 7.11 Å². The first kappa shape index (κ1) is 40.2. The smallest absolute Gasteiger partial charge is 0.332 e. The second-order valence-corrected chi connectivity index (χ2v) is 6.59. The van der Waals surface area contributed by atoms with Crippen molar-refractivity contribution in [2.75, 3.05) is 113 Å². The molecule has 0 unspecified atom stereocenters. The van der Waals surface area contributed by atoms with Crippen LogP contribution in [0.2, 0.25) is 0 Å². The highest BCUT2D eigenvalue weighted by atomic mass is 16.6. The van der Waals surface area contributed by atoms with Crippen molar-refractivity contribution >= 4 is 23.7 Å². The molecule has 0 fully saturated rings. The summed E-state index contributed by atoms with van der Waals surface area (Å²) in [5.74, 6) is -2.50. The molecule has 0 aromatic rings. The Balaban J connectivity index is -0.000000576. The third kappa shape index (κ3) is 47.0. The number of ether oxygens (including phenoxy) is 8. The Morgan fingerprint density at radius 2 is 0.895 bits per heavy atom. The van der Waals surface area contributed by atoms with Crippen LogP contribution < -0.4 is 0 Å². The number of methoxy groups -OCH3 is 1. The molecule has 0 radical (unpaired) electrons. The van der Waals surface area contributed by atoms with Gasteiger partial charge in [0.25, 0.3) is 0 Å². The molecule has 0 saturated heterocycles. The van der Waals surface area contributed by atoms with Gasteiger partial charge in [-0.1, -0.05) is 0 Å². The number of Topliss-reactive ketones (excluding diaryl/α,β-unsaturated/α-hetero) is 1. The average Bonchev–Trinajstić information content (AvgIpc) is 2.87. The van der Waals surface area contributed by atoms with E-state index in [0.717, 1.165) is 0 Å². The normalized spacial score (nSPS) is 10.0. The van der Waals surface area contributed by atoms with Gasteiger partial charge in [-0.05, 0) is 6.92 Å². The lowest BCUT2D eigenvalue weighted by atomic mass is 10.5. The van der Waals surface area contributed by atoms with Gasteiger partial charge in [0.1, 0.15) is 33.0 Å². The van der Waals surface area contributed by atoms with E-state index in [9.17, 15) is 19.2 Å². The number of rotatable bonds is 24. The summed E-state index contributed by atoms with van der Waals surface area (Å²) < 4.78 is 39.0. The van der Waals surface area contributed by atoms with Crippen LogP contribution in [0.15, 0.2) is 0 Å². The number of carbonyl (C=O) groups is 4. The van der Waals surface area contributed by atoms with Gasteiger partial charge in [0.2, 0.25) is 0 Å². The molecule has 0 aliphatic rings. The molecule has 0 spiro atoms. The van der Waals surface area contributed by atoms with Gasteiger partial charge >= 0.3 is 17.9 Å². The van der Waals surface area contributed by atoms with Crippen molar-refractivity contribution in [3.8, 4) is 0 Å². The number of carbonyl (C=O) groups excluding carboxylic acids is 2. The van der Waals surface area contributed by atoms with Gasteiger partial charge in [0.15, 0.2) is 5.78 Å². The van der Waals surface area contributed by atoms with Gasteiger partial charge in [-0.25, -0.2) is 14.4 Å². The summed E-state index contributed by atoms with van der Waals surface area (Å²) in [6.45, 7) is 3.38. The van der Waals surface area contributed by atoms with Crippen molar-refractivity contribution in [2.45, 2.75) is 6.92 Å². The van der Waals surface area contributed by atoms with Gasteiger partial charge < -0.3 is 58.3 Å². The molecular formula is C22H42O16. The van der Waals surface area contributed by atoms with Crippen LogP contribution in [0.5, 0.6) is 0 Å². The van der Waals surface area contributed by atoms with E-state index in [1.165, 1.54) is 14.0 Å². The fourth-order valence-corrected chi connectivity index (χ4v) is 1.65. The molecule has 0 heterocycles. The molecule has 0 aliphatic carbocycles. The second kappa shape index (κ2) is 34.7. The number of ketones is 1. The molecule has 0 atom stereocenters. The zero-order chi connectivity index (χ0) is 29.3. The highest BCUT2D eigenvalue weighted by Crippen LogP contribution is 1.85. The number of hydrogen-bond acceptors (Lipinski definition) is 14. The summed E-state index contributed by atoms with van der Waals surface area (Å²) in [7, 11) is 1.53. The highest BCUT2D eigenvalue weighted by molar-refractivity contribution is 5.76. The first-order valence-corrected chi connectivity index (χ1v) is 11.5. The summed E-state index contributed by atoms with van der Waals surface area (Å²) in [6.07, 6.45) is 0. The molecule has 0 amide bonds. The van der Waals surface area contributed by atoms with Crippen molar-refractivity contribution in [3.63, 3.8) is 0 Å². The van der Waals surface area contributed by atoms with Gasteiger partial charge in [0.05, 0.1) is 72.7 Å². The number of carboxylic acids is 2. The van der Waals surface area contributed by atoms with E-state index in [4.69, 9.17) is 48.8 Å². The number of aliphatic carboxylic acids is 2. The van der Waals surface area contributed by atoms with Crippen molar-refractivity contribution in [1.82, 2.24) is 0 Å². The molecule has 38 heavy (non-hydrogen) atoms. The van der Waals surface area contributed by atoms with Crippen LogP contribution in [-0.2, 0) is 57.1 Å². The Labute approximate surface area is 221 Å². The Morgan fingerprint density at radius 3 is 1.24 bits per heavy atom. The molecule has 0 aromatic heterocycles. The molecule has 0 rings (SSSR count). The molecule has 0 aromatic carbocycles. The first-order valence-electron chi connectivity index (χ1n) is 11.5. The number of aliphatic hydroxyl groups excluding tert-OH is 2. The van der Waals surface area contributed by atoms with Crippen LogP contribution in [0, 0.1) is 0 Å². The van der Waals surface area contributed by atoms with Crippen molar-refractivity contribution in [3.05, 3.63) is 0 Å². The van der Waals surface area contributed by atoms with Crippen LogP contribution in [0.1, 0.15) is 6.92 Å². The maximum absolute atomic E-state index is 11.1. The number of hydrogen-bond donors (Lipinski definition) is 4. The first-order chi connectivity index (χ1) is 18.2. The standard InChI is InChI=1S/C12H22O7.C8H14O7.C2H6O2/c1-11(13)9-17-6-4-16-5-7-18-10-12(14)19-8-3-15-2;9-7(10)5-14-3-1-13-2-4-15-6-8(11)12;3-1-2-4/h3-10H2,1-2H3;1-6H2,(H,9,10)(H,11,12);3-4H,1-2H2. The monoisotopic (exact) mass is 562 g/mol. The topological polar surface area (TPSA) is 223 Å². The maximum atomic E-state index is 11.1. The Bertz CT molecular complexity index is 535. The van der Waals surface area contributed by atoms with E-state index in [0.29, 0.717) is 33.0 Å². The zero-order valence-corrected chi connectivity index (χ0v) is 22.0. The number of carboxylic acid groups (broad SMARTS) is 2. The fraction of sp³-hybridized carbons (Fsp3) is 0.818. The maximum Gasteiger partial charge on any atom is 0.332 e. The number of aliphatic hydroxyl groups is 2. The van der Waals surface area contributed by atoms with E-state index in [1.807, 2.05) is 0 Å². The lowest BCUT2D eigenvalue weighted by molar-refractivity contribution is -0.150. The van der Waals surface area contributed by atoms with Crippen molar-refractivity contribution < 1.29 is 77.5 Å². The minimum Gasteiger partial charge on any atom is -0.480 e. The molecule has 16 heteroatoms. The van der Waals surface area contributed by atoms with E-state index < -0.39 is 17.9 Å². The predicted molar refractivity (Wildman–Crippen MR) is 128 cm³/mol. The average molecular weight is 563 g/mol. The minimum absolute atomic E-state index is 0.0182. The molecule has 0 saturated carbocycles. The zero-order valence-electron chi connectivity index (χ0n) is 22.0. The predicted octanol–water partition coefficient (Wildman–Crippen LogP) is -2.01. The van der Waals surface area contributed by atoms with E-state index in [2.05, 4.69) is 9.47 Å². The molecule has 16 nitrogen and oxygen atoms in total. The second-order valence-electron chi connectivity index (χ2n) is 6.59. The summed E-state index contributed by atoms with van der Waals surface area (Å²) in [6, 6.07) is 0. The van der Waals surface area contributed by atoms with Gasteiger partial charge in [-0.15, -0.1) is 0 Å². The lowest BCUT2D eigenvalue weighted by Crippen LogP contribution is -2.17. The number of esters is 1. The quantitative estimate of drug-likeness (QED) is 0.0736. The molecular weight excluding hydrogens is 520 g/mol. The molecule has 226 valence electrons. The Hall–Kier alpha value is -2.28. The third-order valence-electron chi connectivity index (χ3n) is 3.11. The van der Waals surface area contributed by atoms with Crippen LogP contribution in [0.3, 0.4) is 0 Å². The molecule has 0 bridgehead atoms. The Kier molecular flexibility index (Phi) is 36.7. The summed E-state index contributed by atoms with van der Waals surface area (Å²) >= 11 is 0. The summed E-state index contributed by atoms with van der Waals surface area (Å²) in [5, 5.41) is 31.6. The molecule has 4 N–H and O–H groups in total. The fourth-order valence-electron chi connectivity index (χ4n) is 1.65. The SMILES string of the molecule is COCCOC(=O)COCCOCCOCC(C)=O.O=C(O)COCCOCCOCC(=O)O.OCCO. The third-order valence-corrected chi connectivity index (χ3v) is 3.11. The lowest BCUT2D eigenvalue weighted by Gasteiger charge is -2.06. The van der Waals surface area contributed by atoms with E-state index in [1.54, 1.807) is 0 Å². The summed E-state index contributed by atoms with van der Waals surface area (Å²) in [4.78, 5) is 41.6. The van der Waals surface area contributed by atoms with Crippen LogP contribution >= 0.6 is 0 Å². The molecule has 0 aliphatic heterocycles. The highest BCUT2D eigenvalue weighted by Gasteiger charge is 2.02. The summed E-state index contributed by atoms with van der Waals surface area (Å²) in [5.41, 5.74) is 0. The minimum atomic E-state index is -1.03. The van der Waals surface area contributed by atoms with Crippen molar-refractivity contribution in [1.29, 1.82) is 0 Å². The van der Waals surface area contributed by atoms with Crippen LogP contribution in [-0.4, -0.2) is 157 Å². The van der Waals surface area contributed by atoms with E-state index >= 15 is 0 Å².